The number of hydrogen-bond donors (Lipinski definition) is 2. The summed E-state index contributed by atoms with van der Waals surface area (Å²) in [6, 6.07) is 13.4. The SMILES string of the molecule is C=CCN1C(=O)/C(=C/c2ccc(OC(CC)C(=O)O)cc2)SC1=Nc1cccc(O)c1. The van der Waals surface area contributed by atoms with Crippen LogP contribution >= 0.6 is 11.8 Å². The molecule has 3 rings (SSSR count). The zero-order chi connectivity index (χ0) is 22.4. The molecule has 8 heteroatoms. The number of amidine groups is 1. The van der Waals surface area contributed by atoms with Crippen LogP contribution in [-0.2, 0) is 9.59 Å². The lowest BCUT2D eigenvalue weighted by molar-refractivity contribution is -0.145. The summed E-state index contributed by atoms with van der Waals surface area (Å²) in [6.45, 7) is 5.75. The average Bonchev–Trinajstić information content (AvgIpc) is 3.02. The number of phenols is 1. The number of benzene rings is 2. The van der Waals surface area contributed by atoms with Gasteiger partial charge in [-0.05, 0) is 54.1 Å². The van der Waals surface area contributed by atoms with Gasteiger partial charge in [0.1, 0.15) is 11.5 Å². The van der Waals surface area contributed by atoms with Gasteiger partial charge in [0.05, 0.1) is 10.6 Å². The molecule has 31 heavy (non-hydrogen) atoms. The monoisotopic (exact) mass is 438 g/mol. The molecule has 2 aromatic carbocycles. The Hall–Kier alpha value is -3.52. The van der Waals surface area contributed by atoms with Crippen LogP contribution in [-0.4, -0.2) is 44.8 Å². The fourth-order valence-corrected chi connectivity index (χ4v) is 3.83. The molecular weight excluding hydrogens is 416 g/mol. The number of carbonyl (C=O) groups excluding carboxylic acids is 1. The minimum absolute atomic E-state index is 0.0951. The van der Waals surface area contributed by atoms with Crippen molar-refractivity contribution in [3.8, 4) is 11.5 Å². The molecule has 1 saturated heterocycles. The van der Waals surface area contributed by atoms with Crippen LogP contribution < -0.4 is 4.74 Å². The van der Waals surface area contributed by atoms with E-state index in [2.05, 4.69) is 11.6 Å². The first-order valence-electron chi connectivity index (χ1n) is 9.60. The van der Waals surface area contributed by atoms with E-state index < -0.39 is 12.1 Å². The van der Waals surface area contributed by atoms with Crippen molar-refractivity contribution in [1.29, 1.82) is 0 Å². The van der Waals surface area contributed by atoms with Crippen LogP contribution in [0.2, 0.25) is 0 Å². The maximum atomic E-state index is 12.9. The predicted molar refractivity (Wildman–Crippen MR) is 121 cm³/mol. The van der Waals surface area contributed by atoms with Gasteiger partial charge >= 0.3 is 5.97 Å². The lowest BCUT2D eigenvalue weighted by Crippen LogP contribution is -2.29. The van der Waals surface area contributed by atoms with E-state index in [1.807, 2.05) is 0 Å². The van der Waals surface area contributed by atoms with Gasteiger partial charge in [-0.25, -0.2) is 9.79 Å². The Morgan fingerprint density at radius 2 is 2.03 bits per heavy atom. The third kappa shape index (κ3) is 5.55. The van der Waals surface area contributed by atoms with E-state index in [4.69, 9.17) is 9.84 Å². The lowest BCUT2D eigenvalue weighted by Gasteiger charge is -2.13. The van der Waals surface area contributed by atoms with E-state index in [1.165, 1.54) is 22.7 Å². The minimum Gasteiger partial charge on any atom is -0.508 e. The summed E-state index contributed by atoms with van der Waals surface area (Å²) in [7, 11) is 0. The van der Waals surface area contributed by atoms with Crippen molar-refractivity contribution in [2.45, 2.75) is 19.4 Å². The number of thioether (sulfide) groups is 1. The Morgan fingerprint density at radius 3 is 2.65 bits per heavy atom. The number of rotatable bonds is 8. The summed E-state index contributed by atoms with van der Waals surface area (Å²) < 4.78 is 5.46. The first-order valence-corrected chi connectivity index (χ1v) is 10.4. The molecule has 0 aliphatic carbocycles. The zero-order valence-electron chi connectivity index (χ0n) is 16.9. The highest BCUT2D eigenvalue weighted by Gasteiger charge is 2.32. The largest absolute Gasteiger partial charge is 0.508 e. The Bertz CT molecular complexity index is 1050. The van der Waals surface area contributed by atoms with E-state index in [0.717, 1.165) is 5.56 Å². The second-order valence-corrected chi connectivity index (χ2v) is 7.66. The van der Waals surface area contributed by atoms with Crippen LogP contribution in [0, 0.1) is 0 Å². The third-order valence-corrected chi connectivity index (χ3v) is 5.36. The Morgan fingerprint density at radius 1 is 1.29 bits per heavy atom. The summed E-state index contributed by atoms with van der Waals surface area (Å²) in [5.41, 5.74) is 1.31. The lowest BCUT2D eigenvalue weighted by atomic mass is 10.2. The Kier molecular flexibility index (Phi) is 7.15. The number of carboxylic acid groups (broad SMARTS) is 1. The van der Waals surface area contributed by atoms with Gasteiger partial charge in [-0.3, -0.25) is 9.69 Å². The van der Waals surface area contributed by atoms with Crippen molar-refractivity contribution >= 4 is 40.6 Å². The molecule has 1 heterocycles. The molecule has 1 atom stereocenters. The molecule has 1 aliphatic heterocycles. The maximum absolute atomic E-state index is 12.9. The molecule has 0 radical (unpaired) electrons. The molecule has 0 aromatic heterocycles. The van der Waals surface area contributed by atoms with Crippen LogP contribution in [0.15, 0.2) is 71.1 Å². The second-order valence-electron chi connectivity index (χ2n) is 6.65. The molecule has 1 unspecified atom stereocenters. The normalized spacial score (nSPS) is 17.2. The Labute approximate surface area is 184 Å². The van der Waals surface area contributed by atoms with Gasteiger partial charge in [-0.1, -0.05) is 31.2 Å². The third-order valence-electron chi connectivity index (χ3n) is 4.36. The number of hydrogen-bond acceptors (Lipinski definition) is 6. The highest BCUT2D eigenvalue weighted by Crippen LogP contribution is 2.34. The number of ether oxygens (including phenoxy) is 1. The van der Waals surface area contributed by atoms with E-state index in [1.54, 1.807) is 61.5 Å². The molecule has 1 aliphatic rings. The minimum atomic E-state index is -1.01. The fraction of sp³-hybridized carbons (Fsp3) is 0.174. The number of amides is 1. The van der Waals surface area contributed by atoms with Crippen molar-refractivity contribution in [2.75, 3.05) is 6.54 Å². The molecule has 2 N–H and O–H groups in total. The summed E-state index contributed by atoms with van der Waals surface area (Å²) >= 11 is 1.23. The molecule has 7 nitrogen and oxygen atoms in total. The summed E-state index contributed by atoms with van der Waals surface area (Å²) in [5.74, 6) is -0.664. The fourth-order valence-electron chi connectivity index (χ4n) is 2.82. The van der Waals surface area contributed by atoms with Crippen molar-refractivity contribution < 1.29 is 24.5 Å². The quantitative estimate of drug-likeness (QED) is 0.467. The molecule has 0 spiro atoms. The number of aromatic hydroxyl groups is 1. The van der Waals surface area contributed by atoms with Crippen molar-refractivity contribution in [3.05, 3.63) is 71.7 Å². The maximum Gasteiger partial charge on any atom is 0.344 e. The van der Waals surface area contributed by atoms with Crippen LogP contribution in [0.25, 0.3) is 6.08 Å². The van der Waals surface area contributed by atoms with E-state index in [0.29, 0.717) is 34.5 Å². The van der Waals surface area contributed by atoms with Crippen molar-refractivity contribution in [3.63, 3.8) is 0 Å². The molecule has 1 amide bonds. The highest BCUT2D eigenvalue weighted by molar-refractivity contribution is 8.18. The summed E-state index contributed by atoms with van der Waals surface area (Å²) in [6.07, 6.45) is 2.82. The topological polar surface area (TPSA) is 99.4 Å². The van der Waals surface area contributed by atoms with Gasteiger partial charge in [-0.2, -0.15) is 0 Å². The van der Waals surface area contributed by atoms with Gasteiger partial charge in [0.15, 0.2) is 11.3 Å². The second kappa shape index (κ2) is 9.99. The molecular formula is C23H22N2O5S. The summed E-state index contributed by atoms with van der Waals surface area (Å²) in [4.78, 5) is 30.5. The van der Waals surface area contributed by atoms with E-state index in [9.17, 15) is 14.7 Å². The number of aliphatic carboxylic acids is 1. The molecule has 0 saturated carbocycles. The zero-order valence-corrected chi connectivity index (χ0v) is 17.7. The highest BCUT2D eigenvalue weighted by atomic mass is 32.2. The van der Waals surface area contributed by atoms with Gasteiger partial charge in [-0.15, -0.1) is 6.58 Å². The van der Waals surface area contributed by atoms with Gasteiger partial charge in [0, 0.05) is 12.6 Å². The number of aliphatic imine (C=N–C) groups is 1. The van der Waals surface area contributed by atoms with Crippen LogP contribution in [0.1, 0.15) is 18.9 Å². The van der Waals surface area contributed by atoms with Gasteiger partial charge in [0.2, 0.25) is 0 Å². The standard InChI is InChI=1S/C23H22N2O5S/c1-3-12-25-21(27)20(31-23(25)24-16-6-5-7-17(26)14-16)13-15-8-10-18(11-9-15)30-19(4-2)22(28)29/h3,5-11,13-14,19,26H,1,4,12H2,2H3,(H,28,29)/b20-13-,24-23?. The first-order chi connectivity index (χ1) is 14.9. The molecule has 0 bridgehead atoms. The van der Waals surface area contributed by atoms with Crippen LogP contribution in [0.3, 0.4) is 0 Å². The van der Waals surface area contributed by atoms with Crippen LogP contribution in [0.5, 0.6) is 11.5 Å². The number of carboxylic acids is 1. The number of carbonyl (C=O) groups is 2. The average molecular weight is 439 g/mol. The van der Waals surface area contributed by atoms with Crippen LogP contribution in [0.4, 0.5) is 5.69 Å². The summed E-state index contributed by atoms with van der Waals surface area (Å²) in [5, 5.41) is 19.3. The smallest absolute Gasteiger partial charge is 0.344 e. The van der Waals surface area contributed by atoms with Gasteiger partial charge in [0.25, 0.3) is 5.91 Å². The van der Waals surface area contributed by atoms with Gasteiger partial charge < -0.3 is 14.9 Å². The van der Waals surface area contributed by atoms with E-state index >= 15 is 0 Å². The predicted octanol–water partition coefficient (Wildman–Crippen LogP) is 4.42. The number of nitrogens with zero attached hydrogens (tertiary/aromatic N) is 2. The first kappa shape index (κ1) is 22.2. The Balaban J connectivity index is 1.82. The van der Waals surface area contributed by atoms with Crippen molar-refractivity contribution in [1.82, 2.24) is 4.90 Å². The number of phenolic OH excluding ortho intramolecular Hbond substituents is 1. The molecule has 160 valence electrons. The molecule has 2 aromatic rings. The van der Waals surface area contributed by atoms with E-state index in [-0.39, 0.29) is 11.7 Å². The van der Waals surface area contributed by atoms with Crippen molar-refractivity contribution in [2.24, 2.45) is 4.99 Å². The molecule has 1 fully saturated rings.